The van der Waals surface area contributed by atoms with Crippen LogP contribution >= 0.6 is 11.6 Å². The smallest absolute Gasteiger partial charge is 0.271 e. The van der Waals surface area contributed by atoms with Crippen molar-refractivity contribution in [2.24, 2.45) is 0 Å². The fourth-order valence-electron chi connectivity index (χ4n) is 3.28. The maximum atomic E-state index is 11.2. The van der Waals surface area contributed by atoms with E-state index in [0.717, 1.165) is 17.0 Å². The monoisotopic (exact) mass is 407 g/mol. The molecule has 0 unspecified atom stereocenters. The molecule has 146 valence electrons. The fourth-order valence-corrected chi connectivity index (χ4v) is 3.51. The van der Waals surface area contributed by atoms with Crippen molar-refractivity contribution < 1.29 is 9.66 Å². The Labute approximate surface area is 173 Å². The van der Waals surface area contributed by atoms with Gasteiger partial charge in [-0.25, -0.2) is 0 Å². The van der Waals surface area contributed by atoms with Gasteiger partial charge in [-0.2, -0.15) is 5.26 Å². The number of methoxy groups -OCH3 is 1. The quantitative estimate of drug-likeness (QED) is 0.307. The van der Waals surface area contributed by atoms with Gasteiger partial charge < -0.3 is 9.30 Å². The van der Waals surface area contributed by atoms with Crippen molar-refractivity contribution in [1.82, 2.24) is 4.57 Å². The number of hydrogen-bond acceptors (Lipinski definition) is 4. The van der Waals surface area contributed by atoms with Gasteiger partial charge in [-0.15, -0.1) is 0 Å². The van der Waals surface area contributed by atoms with Crippen LogP contribution in [0.4, 0.5) is 5.69 Å². The molecule has 0 fully saturated rings. The highest BCUT2D eigenvalue weighted by molar-refractivity contribution is 6.32. The van der Waals surface area contributed by atoms with Crippen molar-refractivity contribution in [3.63, 3.8) is 0 Å². The standard InChI is InChI=1S/C22H18ClN3O3/c1-14-10-16(11-17(13-24)19-6-4-5-7-20(19)23)15(2)25(14)21-12-18(26(27)28)8-9-22(21)29-3/h4-12H,1-3H3. The Morgan fingerprint density at radius 2 is 1.97 bits per heavy atom. The minimum Gasteiger partial charge on any atom is -0.495 e. The van der Waals surface area contributed by atoms with Gasteiger partial charge in [0.2, 0.25) is 0 Å². The van der Waals surface area contributed by atoms with E-state index in [-0.39, 0.29) is 5.69 Å². The molecular formula is C22H18ClN3O3. The molecule has 6 nitrogen and oxygen atoms in total. The molecule has 0 amide bonds. The molecule has 1 heterocycles. The average molecular weight is 408 g/mol. The molecule has 7 heteroatoms. The van der Waals surface area contributed by atoms with Gasteiger partial charge in [-0.1, -0.05) is 29.8 Å². The molecule has 0 aliphatic carbocycles. The van der Waals surface area contributed by atoms with Crippen LogP contribution in [0.1, 0.15) is 22.5 Å². The van der Waals surface area contributed by atoms with Crippen LogP contribution in [-0.2, 0) is 0 Å². The van der Waals surface area contributed by atoms with Crippen LogP contribution in [-0.4, -0.2) is 16.6 Å². The zero-order chi connectivity index (χ0) is 21.1. The van der Waals surface area contributed by atoms with Crippen LogP contribution in [0.15, 0.2) is 48.5 Å². The van der Waals surface area contributed by atoms with Crippen LogP contribution < -0.4 is 4.74 Å². The number of hydrogen-bond donors (Lipinski definition) is 0. The maximum Gasteiger partial charge on any atom is 0.271 e. The van der Waals surface area contributed by atoms with E-state index in [2.05, 4.69) is 6.07 Å². The molecule has 29 heavy (non-hydrogen) atoms. The molecule has 0 aliphatic rings. The van der Waals surface area contributed by atoms with E-state index in [0.29, 0.717) is 27.6 Å². The second-order valence-corrected chi connectivity index (χ2v) is 6.83. The lowest BCUT2D eigenvalue weighted by atomic mass is 10.0. The van der Waals surface area contributed by atoms with Crippen molar-refractivity contribution in [2.45, 2.75) is 13.8 Å². The van der Waals surface area contributed by atoms with E-state index in [1.807, 2.05) is 30.5 Å². The Kier molecular flexibility index (Phi) is 5.71. The van der Waals surface area contributed by atoms with Crippen molar-refractivity contribution >= 4 is 28.9 Å². The maximum absolute atomic E-state index is 11.2. The molecule has 0 saturated heterocycles. The van der Waals surface area contributed by atoms with E-state index in [1.165, 1.54) is 19.2 Å². The largest absolute Gasteiger partial charge is 0.495 e. The van der Waals surface area contributed by atoms with Gasteiger partial charge in [0.15, 0.2) is 0 Å². The summed E-state index contributed by atoms with van der Waals surface area (Å²) in [4.78, 5) is 10.8. The lowest BCUT2D eigenvalue weighted by molar-refractivity contribution is -0.384. The number of aromatic nitrogens is 1. The van der Waals surface area contributed by atoms with Gasteiger partial charge in [-0.05, 0) is 43.7 Å². The Balaban J connectivity index is 2.18. The molecule has 2 aromatic carbocycles. The first-order chi connectivity index (χ1) is 13.9. The van der Waals surface area contributed by atoms with Crippen LogP contribution in [0.3, 0.4) is 0 Å². The number of nitro benzene ring substituents is 1. The summed E-state index contributed by atoms with van der Waals surface area (Å²) in [6.45, 7) is 3.78. The number of rotatable bonds is 5. The molecule has 1 aromatic heterocycles. The van der Waals surface area contributed by atoms with E-state index >= 15 is 0 Å². The normalized spacial score (nSPS) is 11.2. The summed E-state index contributed by atoms with van der Waals surface area (Å²) in [7, 11) is 1.52. The van der Waals surface area contributed by atoms with Crippen molar-refractivity contribution in [3.8, 4) is 17.5 Å². The first-order valence-electron chi connectivity index (χ1n) is 8.75. The first-order valence-corrected chi connectivity index (χ1v) is 9.13. The second-order valence-electron chi connectivity index (χ2n) is 6.42. The predicted molar refractivity (Wildman–Crippen MR) is 113 cm³/mol. The zero-order valence-corrected chi connectivity index (χ0v) is 16.9. The number of nitriles is 1. The summed E-state index contributed by atoms with van der Waals surface area (Å²) in [5.41, 5.74) is 4.10. The third-order valence-electron chi connectivity index (χ3n) is 4.67. The minimum atomic E-state index is -0.441. The number of aryl methyl sites for hydroxylation is 1. The lowest BCUT2D eigenvalue weighted by Gasteiger charge is -2.14. The Bertz CT molecular complexity index is 1170. The molecule has 0 spiro atoms. The van der Waals surface area contributed by atoms with Crippen molar-refractivity contribution in [3.05, 3.63) is 86.2 Å². The Hall–Kier alpha value is -3.56. The SMILES string of the molecule is COc1ccc([N+](=O)[O-])cc1-n1c(C)cc(C=C(C#N)c2ccccc2Cl)c1C. The highest BCUT2D eigenvalue weighted by atomic mass is 35.5. The van der Waals surface area contributed by atoms with Gasteiger partial charge in [-0.3, -0.25) is 10.1 Å². The van der Waals surface area contributed by atoms with Crippen LogP contribution in [0.5, 0.6) is 5.75 Å². The van der Waals surface area contributed by atoms with Gasteiger partial charge >= 0.3 is 0 Å². The second kappa shape index (κ2) is 8.21. The number of non-ortho nitro benzene ring substituents is 1. The van der Waals surface area contributed by atoms with Gasteiger partial charge in [0, 0.05) is 34.1 Å². The van der Waals surface area contributed by atoms with E-state index < -0.39 is 4.92 Å². The summed E-state index contributed by atoms with van der Waals surface area (Å²) in [5, 5.41) is 21.4. The van der Waals surface area contributed by atoms with Crippen LogP contribution in [0, 0.1) is 35.3 Å². The van der Waals surface area contributed by atoms with Gasteiger partial charge in [0.1, 0.15) is 5.75 Å². The third-order valence-corrected chi connectivity index (χ3v) is 5.00. The first kappa shape index (κ1) is 20.2. The highest BCUT2D eigenvalue weighted by Gasteiger charge is 2.18. The topological polar surface area (TPSA) is 81.1 Å². The lowest BCUT2D eigenvalue weighted by Crippen LogP contribution is -2.03. The molecule has 0 aliphatic heterocycles. The number of nitro groups is 1. The number of allylic oxidation sites excluding steroid dienone is 1. The molecule has 0 atom stereocenters. The minimum absolute atomic E-state index is 0.0285. The third kappa shape index (κ3) is 3.86. The van der Waals surface area contributed by atoms with Crippen molar-refractivity contribution in [2.75, 3.05) is 7.11 Å². The molecule has 0 radical (unpaired) electrons. The number of benzene rings is 2. The van der Waals surface area contributed by atoms with Crippen molar-refractivity contribution in [1.29, 1.82) is 5.26 Å². The highest BCUT2D eigenvalue weighted by Crippen LogP contribution is 2.33. The van der Waals surface area contributed by atoms with Crippen LogP contribution in [0.2, 0.25) is 5.02 Å². The fraction of sp³-hybridized carbons (Fsp3) is 0.136. The Morgan fingerprint density at radius 1 is 1.24 bits per heavy atom. The summed E-state index contributed by atoms with van der Waals surface area (Å²) in [5.74, 6) is 0.513. The number of halogens is 1. The van der Waals surface area contributed by atoms with Gasteiger partial charge in [0.05, 0.1) is 29.4 Å². The number of nitrogens with zero attached hydrogens (tertiary/aromatic N) is 3. The summed E-state index contributed by atoms with van der Waals surface area (Å²) >= 11 is 6.25. The molecule has 3 aromatic rings. The van der Waals surface area contributed by atoms with E-state index in [9.17, 15) is 15.4 Å². The van der Waals surface area contributed by atoms with E-state index in [1.54, 1.807) is 30.3 Å². The van der Waals surface area contributed by atoms with Crippen LogP contribution in [0.25, 0.3) is 17.3 Å². The zero-order valence-electron chi connectivity index (χ0n) is 16.1. The summed E-state index contributed by atoms with van der Waals surface area (Å²) in [6, 6.07) is 15.7. The molecular weight excluding hydrogens is 390 g/mol. The molecule has 0 N–H and O–H groups in total. The summed E-state index contributed by atoms with van der Waals surface area (Å²) < 4.78 is 7.29. The van der Waals surface area contributed by atoms with Gasteiger partial charge in [0.25, 0.3) is 5.69 Å². The number of ether oxygens (including phenoxy) is 1. The Morgan fingerprint density at radius 3 is 2.59 bits per heavy atom. The molecule has 0 saturated carbocycles. The predicted octanol–water partition coefficient (Wildman–Crippen LogP) is 5.73. The molecule has 0 bridgehead atoms. The average Bonchev–Trinajstić information content (AvgIpc) is 2.99. The van der Waals surface area contributed by atoms with E-state index in [4.69, 9.17) is 16.3 Å². The summed E-state index contributed by atoms with van der Waals surface area (Å²) in [6.07, 6.45) is 1.77. The molecule has 3 rings (SSSR count).